The molecular weight excluding hydrogens is 623 g/mol. The molecule has 0 aliphatic carbocycles. The fourth-order valence-corrected chi connectivity index (χ4v) is 4.35. The molecule has 7 rings (SSSR count). The zero-order valence-corrected chi connectivity index (χ0v) is 22.3. The molecule has 6 aromatic rings. The summed E-state index contributed by atoms with van der Waals surface area (Å²) < 4.78 is 10.4. The minimum Gasteiger partial charge on any atom is -0.513 e. The standard InChI is InChI=1S/C20H15N2O.C11H8N.Ir/c1-13(2)21-12-22-17-10-14-6-3-4-7-15(14)11-19(17)23-18-9-5-8-16(21)20(18)22;1-2-6-10(7-3-1)11-8-4-5-9-12-11;/h3-9,11,13H,1-2H3;1-6,8-9H;/q2*-1;+3. The van der Waals surface area contributed by atoms with Crippen LogP contribution in [0.5, 0.6) is 11.5 Å². The average Bonchev–Trinajstić information content (AvgIpc) is 3.31. The third-order valence-electron chi connectivity index (χ3n) is 6.01. The summed E-state index contributed by atoms with van der Waals surface area (Å²) in [4.78, 5) is 4.22. The van der Waals surface area contributed by atoms with Crippen molar-refractivity contribution in [2.45, 2.75) is 19.9 Å². The van der Waals surface area contributed by atoms with Crippen molar-refractivity contribution in [3.05, 3.63) is 116 Å². The zero-order valence-electron chi connectivity index (χ0n) is 19.9. The van der Waals surface area contributed by atoms with Gasteiger partial charge in [-0.25, -0.2) is 0 Å². The second kappa shape index (κ2) is 10.1. The van der Waals surface area contributed by atoms with Crippen molar-refractivity contribution in [3.63, 3.8) is 0 Å². The Morgan fingerprint density at radius 1 is 0.889 bits per heavy atom. The van der Waals surface area contributed by atoms with Gasteiger partial charge in [0.2, 0.25) is 6.33 Å². The van der Waals surface area contributed by atoms with Crippen LogP contribution in [0.4, 0.5) is 0 Å². The number of para-hydroxylation sites is 1. The first-order valence-electron chi connectivity index (χ1n) is 11.7. The van der Waals surface area contributed by atoms with E-state index in [1.165, 1.54) is 0 Å². The molecule has 0 unspecified atom stereocenters. The van der Waals surface area contributed by atoms with Crippen molar-refractivity contribution in [1.82, 2.24) is 9.55 Å². The quantitative estimate of drug-likeness (QED) is 0.151. The predicted molar refractivity (Wildman–Crippen MR) is 138 cm³/mol. The van der Waals surface area contributed by atoms with E-state index >= 15 is 0 Å². The Morgan fingerprint density at radius 3 is 2.50 bits per heavy atom. The molecule has 36 heavy (non-hydrogen) atoms. The minimum absolute atomic E-state index is 0. The Bertz CT molecular complexity index is 1610. The van der Waals surface area contributed by atoms with Gasteiger partial charge in [-0.3, -0.25) is 0 Å². The van der Waals surface area contributed by atoms with Crippen molar-refractivity contribution >= 4 is 21.8 Å². The fraction of sp³-hybridized carbons (Fsp3) is 0.0968. The van der Waals surface area contributed by atoms with E-state index in [1.807, 2.05) is 66.7 Å². The molecule has 4 aromatic carbocycles. The summed E-state index contributed by atoms with van der Waals surface area (Å²) in [7, 11) is 0. The molecule has 0 fully saturated rings. The molecule has 2 aromatic heterocycles. The summed E-state index contributed by atoms with van der Waals surface area (Å²) in [6.07, 6.45) is 5.26. The summed E-state index contributed by atoms with van der Waals surface area (Å²) >= 11 is 0. The van der Waals surface area contributed by atoms with E-state index in [-0.39, 0.29) is 20.1 Å². The number of aromatic nitrogens is 3. The molecule has 0 bridgehead atoms. The monoisotopic (exact) mass is 646 g/mol. The number of fused-ring (bicyclic) bond motifs is 3. The number of hydrogen-bond donors (Lipinski definition) is 0. The van der Waals surface area contributed by atoms with Gasteiger partial charge < -0.3 is 18.9 Å². The Hall–Kier alpha value is -3.79. The Morgan fingerprint density at radius 2 is 1.72 bits per heavy atom. The molecule has 4 nitrogen and oxygen atoms in total. The molecule has 0 radical (unpaired) electrons. The Balaban J connectivity index is 0.000000175. The molecule has 5 heteroatoms. The van der Waals surface area contributed by atoms with Crippen LogP contribution >= 0.6 is 0 Å². The van der Waals surface area contributed by atoms with Gasteiger partial charge >= 0.3 is 20.1 Å². The van der Waals surface area contributed by atoms with Crippen LogP contribution in [-0.2, 0) is 20.1 Å². The smallest absolute Gasteiger partial charge is 0.513 e. The maximum Gasteiger partial charge on any atom is 3.00 e. The first-order chi connectivity index (χ1) is 17.2. The number of pyridine rings is 1. The molecule has 0 atom stereocenters. The van der Waals surface area contributed by atoms with Crippen LogP contribution in [0.2, 0.25) is 0 Å². The number of benzene rings is 4. The molecule has 3 heterocycles. The fourth-order valence-electron chi connectivity index (χ4n) is 4.35. The summed E-state index contributed by atoms with van der Waals surface area (Å²) in [5, 5.41) is 2.21. The number of ether oxygens (including phenoxy) is 1. The third kappa shape index (κ3) is 4.32. The number of imidazole rings is 1. The number of rotatable bonds is 2. The molecule has 0 N–H and O–H groups in total. The second-order valence-electron chi connectivity index (χ2n) is 8.69. The first kappa shape index (κ1) is 23.9. The normalized spacial score (nSPS) is 11.3. The van der Waals surface area contributed by atoms with E-state index in [4.69, 9.17) is 4.74 Å². The van der Waals surface area contributed by atoms with Crippen molar-refractivity contribution in [3.8, 4) is 28.4 Å². The van der Waals surface area contributed by atoms with Gasteiger partial charge in [-0.15, -0.1) is 70.9 Å². The SMILES string of the molecule is CC(C)n1[c-][n+]2c3c(cccc31)Oc1cc3ccccc3[c-]c1-2.[Ir+3].[c-]1ccccc1-c1ccccn1. The van der Waals surface area contributed by atoms with Crippen molar-refractivity contribution < 1.29 is 29.4 Å². The predicted octanol–water partition coefficient (Wildman–Crippen LogP) is 6.90. The number of hydrogen-bond acceptors (Lipinski definition) is 2. The molecule has 1 aliphatic rings. The number of nitrogens with zero attached hydrogens (tertiary/aromatic N) is 3. The minimum atomic E-state index is 0. The average molecular weight is 646 g/mol. The van der Waals surface area contributed by atoms with Gasteiger partial charge in [-0.2, -0.15) is 0 Å². The van der Waals surface area contributed by atoms with E-state index in [0.29, 0.717) is 6.04 Å². The second-order valence-corrected chi connectivity index (χ2v) is 8.69. The maximum absolute atomic E-state index is 6.17. The van der Waals surface area contributed by atoms with E-state index in [2.05, 4.69) is 70.7 Å². The van der Waals surface area contributed by atoms with Gasteiger partial charge in [-0.1, -0.05) is 36.4 Å². The summed E-state index contributed by atoms with van der Waals surface area (Å²) in [6, 6.07) is 37.1. The van der Waals surface area contributed by atoms with Gasteiger partial charge in [-0.05, 0) is 31.7 Å². The summed E-state index contributed by atoms with van der Waals surface area (Å²) in [5.74, 6) is 1.70. The largest absolute Gasteiger partial charge is 3.00 e. The van der Waals surface area contributed by atoms with Crippen LogP contribution in [0.15, 0.2) is 97.2 Å². The topological polar surface area (TPSA) is 30.9 Å². The molecular formula is C31H23IrN3O+. The van der Waals surface area contributed by atoms with Crippen LogP contribution in [0.25, 0.3) is 38.8 Å². The Labute approximate surface area is 224 Å². The molecule has 0 saturated carbocycles. The maximum atomic E-state index is 6.17. The molecule has 1 aliphatic heterocycles. The van der Waals surface area contributed by atoms with Crippen LogP contribution in [0.3, 0.4) is 0 Å². The van der Waals surface area contributed by atoms with E-state index in [9.17, 15) is 0 Å². The van der Waals surface area contributed by atoms with Crippen molar-refractivity contribution in [2.24, 2.45) is 0 Å². The van der Waals surface area contributed by atoms with Gasteiger partial charge in [0.05, 0.1) is 17.1 Å². The molecule has 0 spiro atoms. The van der Waals surface area contributed by atoms with Crippen LogP contribution < -0.4 is 9.30 Å². The van der Waals surface area contributed by atoms with Gasteiger partial charge in [0.15, 0.2) is 0 Å². The van der Waals surface area contributed by atoms with Crippen LogP contribution in [-0.4, -0.2) is 9.55 Å². The van der Waals surface area contributed by atoms with Gasteiger partial charge in [0, 0.05) is 17.6 Å². The zero-order chi connectivity index (χ0) is 23.8. The summed E-state index contributed by atoms with van der Waals surface area (Å²) in [6.45, 7) is 4.33. The van der Waals surface area contributed by atoms with Gasteiger partial charge in [0.1, 0.15) is 5.75 Å². The van der Waals surface area contributed by atoms with Crippen molar-refractivity contribution in [1.29, 1.82) is 0 Å². The van der Waals surface area contributed by atoms with E-state index in [0.717, 1.165) is 50.2 Å². The first-order valence-corrected chi connectivity index (χ1v) is 11.7. The van der Waals surface area contributed by atoms with E-state index < -0.39 is 0 Å². The van der Waals surface area contributed by atoms with E-state index in [1.54, 1.807) is 6.20 Å². The molecule has 0 saturated heterocycles. The third-order valence-corrected chi connectivity index (χ3v) is 6.01. The Kier molecular flexibility index (Phi) is 6.69. The molecule has 0 amide bonds. The van der Waals surface area contributed by atoms with Crippen LogP contribution in [0, 0.1) is 18.5 Å². The van der Waals surface area contributed by atoms with Gasteiger partial charge in [0.25, 0.3) is 0 Å². The summed E-state index contributed by atoms with van der Waals surface area (Å²) in [5.41, 5.74) is 5.12. The van der Waals surface area contributed by atoms with Crippen LogP contribution in [0.1, 0.15) is 19.9 Å². The molecule has 176 valence electrons. The van der Waals surface area contributed by atoms with Crippen molar-refractivity contribution in [2.75, 3.05) is 0 Å².